The quantitative estimate of drug-likeness (QED) is 0.681. The van der Waals surface area contributed by atoms with E-state index < -0.39 is 15.4 Å². The molecule has 0 aliphatic carbocycles. The van der Waals surface area contributed by atoms with E-state index in [9.17, 15) is 13.2 Å². The van der Waals surface area contributed by atoms with E-state index in [2.05, 4.69) is 5.32 Å². The molecule has 1 N–H and O–H groups in total. The van der Waals surface area contributed by atoms with Crippen LogP contribution in [0.25, 0.3) is 0 Å². The summed E-state index contributed by atoms with van der Waals surface area (Å²) in [5.41, 5.74) is -0.804. The maximum atomic E-state index is 11.7. The minimum Gasteiger partial charge on any atom is -0.465 e. The lowest BCUT2D eigenvalue weighted by atomic mass is 9.92. The standard InChI is InChI=1S/C9H17NO4S/c1-3-14-8(11)9(10-2)4-6-15(12,13)7-5-9/h10H,3-7H2,1-2H3. The molecule has 1 rings (SSSR count). The van der Waals surface area contributed by atoms with Crippen molar-refractivity contribution in [2.75, 3.05) is 25.2 Å². The molecule has 0 atom stereocenters. The Morgan fingerprint density at radius 1 is 1.40 bits per heavy atom. The summed E-state index contributed by atoms with van der Waals surface area (Å²) < 4.78 is 27.5. The van der Waals surface area contributed by atoms with Crippen molar-refractivity contribution in [3.8, 4) is 0 Å². The van der Waals surface area contributed by atoms with Gasteiger partial charge >= 0.3 is 5.97 Å². The first-order valence-electron chi connectivity index (χ1n) is 5.02. The average molecular weight is 235 g/mol. The van der Waals surface area contributed by atoms with Gasteiger partial charge in [-0.2, -0.15) is 0 Å². The van der Waals surface area contributed by atoms with E-state index in [4.69, 9.17) is 4.74 Å². The lowest BCUT2D eigenvalue weighted by Crippen LogP contribution is -2.55. The highest BCUT2D eigenvalue weighted by atomic mass is 32.2. The van der Waals surface area contributed by atoms with E-state index in [0.29, 0.717) is 19.4 Å². The number of nitrogens with one attached hydrogen (secondary N) is 1. The molecule has 1 saturated heterocycles. The van der Waals surface area contributed by atoms with Gasteiger partial charge in [0.25, 0.3) is 0 Å². The van der Waals surface area contributed by atoms with Gasteiger partial charge in [-0.25, -0.2) is 8.42 Å². The third-order valence-electron chi connectivity index (χ3n) is 2.82. The molecule has 0 radical (unpaired) electrons. The second-order valence-electron chi connectivity index (χ2n) is 3.70. The predicted molar refractivity (Wildman–Crippen MR) is 56.3 cm³/mol. The first-order valence-corrected chi connectivity index (χ1v) is 6.84. The molecule has 1 aliphatic heterocycles. The SMILES string of the molecule is CCOC(=O)C1(NC)CCS(=O)(=O)CC1. The smallest absolute Gasteiger partial charge is 0.326 e. The molecule has 0 spiro atoms. The zero-order valence-electron chi connectivity index (χ0n) is 9.08. The largest absolute Gasteiger partial charge is 0.465 e. The summed E-state index contributed by atoms with van der Waals surface area (Å²) in [6.07, 6.45) is 0.593. The topological polar surface area (TPSA) is 72.5 Å². The van der Waals surface area contributed by atoms with E-state index in [1.54, 1.807) is 14.0 Å². The van der Waals surface area contributed by atoms with Crippen LogP contribution < -0.4 is 5.32 Å². The van der Waals surface area contributed by atoms with Crippen LogP contribution in [0, 0.1) is 0 Å². The number of esters is 1. The maximum Gasteiger partial charge on any atom is 0.326 e. The lowest BCUT2D eigenvalue weighted by molar-refractivity contribution is -0.151. The molecule has 6 heteroatoms. The first-order chi connectivity index (χ1) is 6.96. The highest BCUT2D eigenvalue weighted by Gasteiger charge is 2.43. The van der Waals surface area contributed by atoms with Gasteiger partial charge in [-0.1, -0.05) is 0 Å². The Morgan fingerprint density at radius 2 is 1.93 bits per heavy atom. The van der Waals surface area contributed by atoms with E-state index in [-0.39, 0.29) is 17.5 Å². The summed E-state index contributed by atoms with van der Waals surface area (Å²) in [6, 6.07) is 0. The summed E-state index contributed by atoms with van der Waals surface area (Å²) in [5.74, 6) is -0.248. The first kappa shape index (κ1) is 12.4. The lowest BCUT2D eigenvalue weighted by Gasteiger charge is -2.34. The molecule has 88 valence electrons. The van der Waals surface area contributed by atoms with Gasteiger partial charge in [-0.3, -0.25) is 4.79 Å². The van der Waals surface area contributed by atoms with Crippen LogP contribution in [-0.4, -0.2) is 45.1 Å². The fraction of sp³-hybridized carbons (Fsp3) is 0.889. The molecular formula is C9H17NO4S. The number of hydrogen-bond acceptors (Lipinski definition) is 5. The van der Waals surface area contributed by atoms with Crippen molar-refractivity contribution >= 4 is 15.8 Å². The molecule has 15 heavy (non-hydrogen) atoms. The Morgan fingerprint density at radius 3 is 2.33 bits per heavy atom. The van der Waals surface area contributed by atoms with Crippen LogP contribution in [0.3, 0.4) is 0 Å². The van der Waals surface area contributed by atoms with E-state index in [1.807, 2.05) is 0 Å². The molecular weight excluding hydrogens is 218 g/mol. The second kappa shape index (κ2) is 4.49. The molecule has 0 aromatic rings. The zero-order chi connectivity index (χ0) is 11.5. The van der Waals surface area contributed by atoms with Gasteiger partial charge < -0.3 is 10.1 Å². The fourth-order valence-electron chi connectivity index (χ4n) is 1.71. The normalized spacial score (nSPS) is 23.3. The monoisotopic (exact) mass is 235 g/mol. The fourth-order valence-corrected chi connectivity index (χ4v) is 3.24. The van der Waals surface area contributed by atoms with Crippen LogP contribution in [0.2, 0.25) is 0 Å². The molecule has 0 bridgehead atoms. The van der Waals surface area contributed by atoms with Gasteiger partial charge in [0.2, 0.25) is 0 Å². The molecule has 0 aromatic heterocycles. The Balaban J connectivity index is 2.76. The van der Waals surface area contributed by atoms with Crippen molar-refractivity contribution in [3.63, 3.8) is 0 Å². The highest BCUT2D eigenvalue weighted by molar-refractivity contribution is 7.91. The average Bonchev–Trinajstić information content (AvgIpc) is 2.19. The number of hydrogen-bond donors (Lipinski definition) is 1. The molecule has 1 heterocycles. The van der Waals surface area contributed by atoms with Crippen LogP contribution in [0.5, 0.6) is 0 Å². The number of ether oxygens (including phenoxy) is 1. The van der Waals surface area contributed by atoms with Crippen LogP contribution in [0.15, 0.2) is 0 Å². The third kappa shape index (κ3) is 2.69. The number of rotatable bonds is 3. The van der Waals surface area contributed by atoms with E-state index in [0.717, 1.165) is 0 Å². The van der Waals surface area contributed by atoms with Gasteiger partial charge in [-0.05, 0) is 26.8 Å². The van der Waals surface area contributed by atoms with Gasteiger partial charge in [0.05, 0.1) is 18.1 Å². The number of carbonyl (C=O) groups is 1. The van der Waals surface area contributed by atoms with Crippen LogP contribution >= 0.6 is 0 Å². The molecule has 5 nitrogen and oxygen atoms in total. The van der Waals surface area contributed by atoms with Gasteiger partial charge in [0, 0.05) is 0 Å². The van der Waals surface area contributed by atoms with Crippen LogP contribution in [0.4, 0.5) is 0 Å². The summed E-state index contributed by atoms with van der Waals surface area (Å²) in [5, 5.41) is 2.90. The minimum absolute atomic E-state index is 0.0483. The van der Waals surface area contributed by atoms with Crippen molar-refractivity contribution < 1.29 is 17.9 Å². The summed E-state index contributed by atoms with van der Waals surface area (Å²) in [6.45, 7) is 2.05. The second-order valence-corrected chi connectivity index (χ2v) is 6.01. The van der Waals surface area contributed by atoms with Crippen molar-refractivity contribution in [2.24, 2.45) is 0 Å². The van der Waals surface area contributed by atoms with Crippen molar-refractivity contribution in [2.45, 2.75) is 25.3 Å². The number of carbonyl (C=O) groups excluding carboxylic acids is 1. The van der Waals surface area contributed by atoms with Gasteiger partial charge in [0.15, 0.2) is 0 Å². The molecule has 0 aromatic carbocycles. The van der Waals surface area contributed by atoms with E-state index in [1.165, 1.54) is 0 Å². The number of sulfone groups is 1. The highest BCUT2D eigenvalue weighted by Crippen LogP contribution is 2.24. The Labute approximate surface area is 90.1 Å². The van der Waals surface area contributed by atoms with E-state index >= 15 is 0 Å². The van der Waals surface area contributed by atoms with Crippen LogP contribution in [-0.2, 0) is 19.4 Å². The van der Waals surface area contributed by atoms with Crippen molar-refractivity contribution in [1.82, 2.24) is 5.32 Å². The van der Waals surface area contributed by atoms with Gasteiger partial charge in [0.1, 0.15) is 15.4 Å². The third-order valence-corrected chi connectivity index (χ3v) is 4.48. The molecule has 0 amide bonds. The van der Waals surface area contributed by atoms with Crippen LogP contribution in [0.1, 0.15) is 19.8 Å². The Hall–Kier alpha value is -0.620. The summed E-state index contributed by atoms with van der Waals surface area (Å²) in [7, 11) is -1.30. The Kier molecular flexibility index (Phi) is 3.72. The summed E-state index contributed by atoms with van der Waals surface area (Å²) >= 11 is 0. The molecule has 1 fully saturated rings. The number of likely N-dealkylation sites (N-methyl/N-ethyl adjacent to an activating group) is 1. The van der Waals surface area contributed by atoms with Crippen molar-refractivity contribution in [3.05, 3.63) is 0 Å². The molecule has 0 saturated carbocycles. The Bertz CT molecular complexity index is 322. The predicted octanol–water partition coefficient (Wildman–Crippen LogP) is -0.284. The zero-order valence-corrected chi connectivity index (χ0v) is 9.89. The van der Waals surface area contributed by atoms with Gasteiger partial charge in [-0.15, -0.1) is 0 Å². The minimum atomic E-state index is -2.96. The van der Waals surface area contributed by atoms with Crippen molar-refractivity contribution in [1.29, 1.82) is 0 Å². The molecule has 1 aliphatic rings. The molecule has 0 unspecified atom stereocenters. The maximum absolute atomic E-state index is 11.7. The summed E-state index contributed by atoms with van der Waals surface area (Å²) in [4.78, 5) is 11.7.